The molecule has 5 heteroatoms. The minimum Gasteiger partial charge on any atom is -0.368 e. The van der Waals surface area contributed by atoms with Crippen LogP contribution in [-0.2, 0) is 14.3 Å². The van der Waals surface area contributed by atoms with Gasteiger partial charge in [0.05, 0.1) is 5.92 Å². The van der Waals surface area contributed by atoms with E-state index in [2.05, 4.69) is 12.2 Å². The van der Waals surface area contributed by atoms with Gasteiger partial charge in [0.15, 0.2) is 0 Å². The molecule has 2 aliphatic heterocycles. The van der Waals surface area contributed by atoms with Crippen LogP contribution in [-0.4, -0.2) is 48.6 Å². The minimum absolute atomic E-state index is 0.0120. The third-order valence-electron chi connectivity index (χ3n) is 5.28. The molecular formula is C20H28N2O3. The lowest BCUT2D eigenvalue weighted by Gasteiger charge is -2.34. The SMILES string of the molecule is CC[C@@H](C(=O)N1CCC(NC(=O)[C@H]2CCCO2)CC1)c1ccccc1. The van der Waals surface area contributed by atoms with Crippen LogP contribution in [0.5, 0.6) is 0 Å². The molecule has 5 nitrogen and oxygen atoms in total. The average Bonchev–Trinajstić information content (AvgIpc) is 3.19. The summed E-state index contributed by atoms with van der Waals surface area (Å²) in [7, 11) is 0. The summed E-state index contributed by atoms with van der Waals surface area (Å²) in [5.41, 5.74) is 1.09. The van der Waals surface area contributed by atoms with Gasteiger partial charge in [-0.15, -0.1) is 0 Å². The molecule has 0 spiro atoms. The van der Waals surface area contributed by atoms with Crippen LogP contribution in [0.1, 0.15) is 50.5 Å². The van der Waals surface area contributed by atoms with Gasteiger partial charge in [0.25, 0.3) is 0 Å². The summed E-state index contributed by atoms with van der Waals surface area (Å²) in [6, 6.07) is 10.2. The van der Waals surface area contributed by atoms with E-state index in [0.29, 0.717) is 19.7 Å². The Morgan fingerprint density at radius 2 is 1.92 bits per heavy atom. The van der Waals surface area contributed by atoms with E-state index in [1.165, 1.54) is 0 Å². The zero-order valence-corrected chi connectivity index (χ0v) is 14.9. The van der Waals surface area contributed by atoms with Crippen molar-refractivity contribution >= 4 is 11.8 Å². The van der Waals surface area contributed by atoms with E-state index in [1.54, 1.807) is 0 Å². The molecule has 3 rings (SSSR count). The Kier molecular flexibility index (Phi) is 6.08. The Labute approximate surface area is 149 Å². The van der Waals surface area contributed by atoms with Gasteiger partial charge >= 0.3 is 0 Å². The number of carbonyl (C=O) groups excluding carboxylic acids is 2. The summed E-state index contributed by atoms with van der Waals surface area (Å²) in [5.74, 6) is 0.148. The highest BCUT2D eigenvalue weighted by atomic mass is 16.5. The molecule has 2 saturated heterocycles. The van der Waals surface area contributed by atoms with E-state index in [1.807, 2.05) is 35.2 Å². The molecule has 0 bridgehead atoms. The van der Waals surface area contributed by atoms with Gasteiger partial charge in [-0.25, -0.2) is 0 Å². The molecule has 0 radical (unpaired) electrons. The second kappa shape index (κ2) is 8.48. The molecule has 2 aliphatic rings. The molecule has 1 N–H and O–H groups in total. The number of hydrogen-bond donors (Lipinski definition) is 1. The summed E-state index contributed by atoms with van der Waals surface area (Å²) < 4.78 is 5.43. The number of nitrogens with one attached hydrogen (secondary N) is 1. The van der Waals surface area contributed by atoms with Crippen molar-refractivity contribution in [1.82, 2.24) is 10.2 Å². The zero-order valence-electron chi connectivity index (χ0n) is 14.9. The molecule has 25 heavy (non-hydrogen) atoms. The van der Waals surface area contributed by atoms with Crippen molar-refractivity contribution in [2.45, 2.75) is 57.1 Å². The van der Waals surface area contributed by atoms with Gasteiger partial charge in [-0.05, 0) is 37.7 Å². The third kappa shape index (κ3) is 4.40. The predicted molar refractivity (Wildman–Crippen MR) is 96.2 cm³/mol. The molecule has 1 aromatic carbocycles. The van der Waals surface area contributed by atoms with Crippen molar-refractivity contribution in [3.63, 3.8) is 0 Å². The van der Waals surface area contributed by atoms with Crippen molar-refractivity contribution in [1.29, 1.82) is 0 Å². The van der Waals surface area contributed by atoms with Gasteiger partial charge in [-0.2, -0.15) is 0 Å². The van der Waals surface area contributed by atoms with Crippen LogP contribution >= 0.6 is 0 Å². The Bertz CT molecular complexity index is 576. The molecule has 0 aromatic heterocycles. The Balaban J connectivity index is 1.51. The molecule has 136 valence electrons. The minimum atomic E-state index is -0.276. The van der Waals surface area contributed by atoms with Crippen LogP contribution in [0.2, 0.25) is 0 Å². The molecule has 2 heterocycles. The lowest BCUT2D eigenvalue weighted by atomic mass is 9.93. The molecule has 2 atom stereocenters. The zero-order chi connectivity index (χ0) is 17.6. The van der Waals surface area contributed by atoms with Gasteiger partial charge < -0.3 is 15.0 Å². The second-order valence-electron chi connectivity index (χ2n) is 6.98. The number of ether oxygens (including phenoxy) is 1. The number of likely N-dealkylation sites (tertiary alicyclic amines) is 1. The van der Waals surface area contributed by atoms with Gasteiger partial charge in [-0.1, -0.05) is 37.3 Å². The highest BCUT2D eigenvalue weighted by Crippen LogP contribution is 2.24. The summed E-state index contributed by atoms with van der Waals surface area (Å²) >= 11 is 0. The van der Waals surface area contributed by atoms with E-state index in [0.717, 1.165) is 37.7 Å². The Morgan fingerprint density at radius 3 is 2.52 bits per heavy atom. The van der Waals surface area contributed by atoms with E-state index >= 15 is 0 Å². The van der Waals surface area contributed by atoms with Crippen LogP contribution in [0, 0.1) is 0 Å². The number of amides is 2. The molecule has 0 unspecified atom stereocenters. The number of rotatable bonds is 5. The number of piperidine rings is 1. The fourth-order valence-corrected chi connectivity index (χ4v) is 3.78. The number of nitrogens with zero attached hydrogens (tertiary/aromatic N) is 1. The van der Waals surface area contributed by atoms with Crippen molar-refractivity contribution in [3.05, 3.63) is 35.9 Å². The molecular weight excluding hydrogens is 316 g/mol. The van der Waals surface area contributed by atoms with E-state index in [9.17, 15) is 9.59 Å². The van der Waals surface area contributed by atoms with Crippen molar-refractivity contribution in [2.24, 2.45) is 0 Å². The number of benzene rings is 1. The maximum absolute atomic E-state index is 12.9. The third-order valence-corrected chi connectivity index (χ3v) is 5.28. The first-order valence-electron chi connectivity index (χ1n) is 9.44. The molecule has 2 fully saturated rings. The van der Waals surface area contributed by atoms with Crippen LogP contribution in [0.15, 0.2) is 30.3 Å². The molecule has 2 amide bonds. The Hall–Kier alpha value is -1.88. The van der Waals surface area contributed by atoms with Gasteiger partial charge in [0.2, 0.25) is 11.8 Å². The summed E-state index contributed by atoms with van der Waals surface area (Å²) in [6.45, 7) is 4.16. The molecule has 1 aromatic rings. The van der Waals surface area contributed by atoms with Gasteiger partial charge in [0.1, 0.15) is 6.10 Å². The van der Waals surface area contributed by atoms with Crippen molar-refractivity contribution in [2.75, 3.05) is 19.7 Å². The predicted octanol–water partition coefficient (Wildman–Crippen LogP) is 2.47. The van der Waals surface area contributed by atoms with Crippen LogP contribution < -0.4 is 5.32 Å². The van der Waals surface area contributed by atoms with E-state index < -0.39 is 0 Å². The largest absolute Gasteiger partial charge is 0.368 e. The number of hydrogen-bond acceptors (Lipinski definition) is 3. The maximum Gasteiger partial charge on any atom is 0.249 e. The first-order valence-corrected chi connectivity index (χ1v) is 9.44. The van der Waals surface area contributed by atoms with E-state index in [4.69, 9.17) is 4.74 Å². The smallest absolute Gasteiger partial charge is 0.249 e. The van der Waals surface area contributed by atoms with Gasteiger partial charge in [0, 0.05) is 25.7 Å². The highest BCUT2D eigenvalue weighted by molar-refractivity contribution is 5.84. The van der Waals surface area contributed by atoms with Crippen molar-refractivity contribution < 1.29 is 14.3 Å². The molecule has 0 saturated carbocycles. The lowest BCUT2D eigenvalue weighted by Crippen LogP contribution is -2.49. The standard InChI is InChI=1S/C20H28N2O3/c1-2-17(15-7-4-3-5-8-15)20(24)22-12-10-16(11-13-22)21-19(23)18-9-6-14-25-18/h3-5,7-8,16-18H,2,6,9-14H2,1H3,(H,21,23)/t17-,18-/m1/s1. The summed E-state index contributed by atoms with van der Waals surface area (Å²) in [4.78, 5) is 27.0. The van der Waals surface area contributed by atoms with E-state index in [-0.39, 0.29) is 29.9 Å². The van der Waals surface area contributed by atoms with Gasteiger partial charge in [-0.3, -0.25) is 9.59 Å². The fourth-order valence-electron chi connectivity index (χ4n) is 3.78. The molecule has 0 aliphatic carbocycles. The van der Waals surface area contributed by atoms with Crippen LogP contribution in [0.4, 0.5) is 0 Å². The monoisotopic (exact) mass is 344 g/mol. The summed E-state index contributed by atoms with van der Waals surface area (Å²) in [5, 5.41) is 3.09. The first kappa shape index (κ1) is 17.9. The fraction of sp³-hybridized carbons (Fsp3) is 0.600. The topological polar surface area (TPSA) is 58.6 Å². The lowest BCUT2D eigenvalue weighted by molar-refractivity contribution is -0.134. The normalized spacial score (nSPS) is 22.6. The highest BCUT2D eigenvalue weighted by Gasteiger charge is 2.30. The average molecular weight is 344 g/mol. The number of carbonyl (C=O) groups is 2. The van der Waals surface area contributed by atoms with Crippen LogP contribution in [0.25, 0.3) is 0 Å². The van der Waals surface area contributed by atoms with Crippen molar-refractivity contribution in [3.8, 4) is 0 Å². The first-order chi connectivity index (χ1) is 12.2. The summed E-state index contributed by atoms with van der Waals surface area (Å²) in [6.07, 6.45) is 3.94. The Morgan fingerprint density at radius 1 is 1.20 bits per heavy atom. The quantitative estimate of drug-likeness (QED) is 0.893. The van der Waals surface area contributed by atoms with Crippen LogP contribution in [0.3, 0.4) is 0 Å². The maximum atomic E-state index is 12.9. The second-order valence-corrected chi connectivity index (χ2v) is 6.98.